The molecule has 5 rings (SSSR count). The Morgan fingerprint density at radius 3 is 2.92 bits per heavy atom. The third kappa shape index (κ3) is 4.00. The Balaban J connectivity index is 1.52. The van der Waals surface area contributed by atoms with Crippen LogP contribution < -0.4 is 9.64 Å². The molecule has 3 aromatic rings. The molecule has 2 atom stereocenters. The van der Waals surface area contributed by atoms with E-state index >= 15 is 0 Å². The van der Waals surface area contributed by atoms with Gasteiger partial charge in [-0.25, -0.2) is 0 Å². The van der Waals surface area contributed by atoms with E-state index in [0.717, 1.165) is 28.0 Å². The van der Waals surface area contributed by atoms with Crippen molar-refractivity contribution in [1.82, 2.24) is 30.0 Å². The van der Waals surface area contributed by atoms with Crippen LogP contribution in [-0.2, 0) is 17.8 Å². The van der Waals surface area contributed by atoms with E-state index in [1.807, 2.05) is 6.20 Å². The monoisotopic (exact) mass is 484 g/mol. The van der Waals surface area contributed by atoms with Gasteiger partial charge in [-0.1, -0.05) is 6.07 Å². The van der Waals surface area contributed by atoms with Gasteiger partial charge in [0.15, 0.2) is 0 Å². The van der Waals surface area contributed by atoms with E-state index in [4.69, 9.17) is 21.1 Å². The van der Waals surface area contributed by atoms with Crippen LogP contribution in [0.3, 0.4) is 0 Å². The zero-order valence-electron chi connectivity index (χ0n) is 20.7. The van der Waals surface area contributed by atoms with Crippen LogP contribution in [0, 0.1) is 30.6 Å². The van der Waals surface area contributed by atoms with Crippen LogP contribution in [0.1, 0.15) is 34.8 Å². The molecule has 36 heavy (non-hydrogen) atoms. The Hall–Kier alpha value is -4.15. The smallest absolute Gasteiger partial charge is 0.318 e. The van der Waals surface area contributed by atoms with E-state index in [0.29, 0.717) is 38.6 Å². The summed E-state index contributed by atoms with van der Waals surface area (Å²) in [5.74, 6) is 2.59. The average molecular weight is 485 g/mol. The SMILES string of the molecule is C#CC(=O)N1CCN(c2nc(OC)nc3c2CN(C)C(c2c(C)ccc4[nH]ncc24)C3)CC1CC#N. The van der Waals surface area contributed by atoms with Crippen molar-refractivity contribution in [2.24, 2.45) is 0 Å². The summed E-state index contributed by atoms with van der Waals surface area (Å²) in [6.45, 7) is 4.23. The van der Waals surface area contributed by atoms with Crippen molar-refractivity contribution in [2.75, 3.05) is 38.7 Å². The number of amides is 1. The Bertz CT molecular complexity index is 1400. The number of nitrogens with one attached hydrogen (secondary N) is 1. The number of H-pyrrole nitrogens is 1. The number of piperazine rings is 1. The molecule has 0 saturated carbocycles. The number of hydrogen-bond donors (Lipinski definition) is 1. The Morgan fingerprint density at radius 1 is 1.33 bits per heavy atom. The fourth-order valence-electron chi connectivity index (χ4n) is 5.47. The standard InChI is InChI=1S/C26H28N8O2/c1-5-23(35)34-11-10-33(14-17(34)8-9-27)25-19-15-32(3)22(12-21(19)29-26(30-25)36-4)24-16(2)6-7-20-18(24)13-28-31-20/h1,6-7,13,17,22H,8,10-12,14-15H2,2-4H3,(H,28,31). The molecule has 2 unspecified atom stereocenters. The van der Waals surface area contributed by atoms with E-state index in [9.17, 15) is 10.1 Å². The van der Waals surface area contributed by atoms with Gasteiger partial charge in [0.25, 0.3) is 5.91 Å². The summed E-state index contributed by atoms with van der Waals surface area (Å²) in [6, 6.07) is 6.49. The van der Waals surface area contributed by atoms with Gasteiger partial charge in [0.05, 0.1) is 43.0 Å². The number of ether oxygens (including phenoxy) is 1. The normalized spacial score (nSPS) is 20.0. The number of benzene rings is 1. The van der Waals surface area contributed by atoms with Crippen LogP contribution in [-0.4, -0.2) is 75.7 Å². The van der Waals surface area contributed by atoms with Crippen LogP contribution in [0.5, 0.6) is 6.01 Å². The number of likely N-dealkylation sites (N-methyl/N-ethyl adjacent to an activating group) is 1. The lowest BCUT2D eigenvalue weighted by Crippen LogP contribution is -2.55. The van der Waals surface area contributed by atoms with Gasteiger partial charge in [0.2, 0.25) is 0 Å². The Morgan fingerprint density at radius 2 is 2.17 bits per heavy atom. The van der Waals surface area contributed by atoms with Crippen molar-refractivity contribution in [3.8, 4) is 24.4 Å². The molecule has 2 aliphatic heterocycles. The number of anilines is 1. The molecule has 2 aliphatic rings. The molecule has 0 spiro atoms. The lowest BCUT2D eigenvalue weighted by Gasteiger charge is -2.42. The van der Waals surface area contributed by atoms with Crippen molar-refractivity contribution >= 4 is 22.6 Å². The van der Waals surface area contributed by atoms with Crippen LogP contribution in [0.15, 0.2) is 18.3 Å². The van der Waals surface area contributed by atoms with Crippen molar-refractivity contribution in [3.05, 3.63) is 40.7 Å². The molecule has 0 radical (unpaired) electrons. The van der Waals surface area contributed by atoms with Gasteiger partial charge in [0, 0.05) is 49.6 Å². The van der Waals surface area contributed by atoms with Gasteiger partial charge < -0.3 is 14.5 Å². The quantitative estimate of drug-likeness (QED) is 0.559. The number of nitriles is 1. The average Bonchev–Trinajstić information content (AvgIpc) is 3.36. The van der Waals surface area contributed by atoms with Crippen molar-refractivity contribution in [1.29, 1.82) is 5.26 Å². The van der Waals surface area contributed by atoms with Crippen LogP contribution >= 0.6 is 0 Å². The summed E-state index contributed by atoms with van der Waals surface area (Å²) in [6.07, 6.45) is 8.15. The minimum atomic E-state index is -0.386. The van der Waals surface area contributed by atoms with Crippen molar-refractivity contribution < 1.29 is 9.53 Å². The van der Waals surface area contributed by atoms with Gasteiger partial charge in [-0.2, -0.15) is 20.3 Å². The maximum Gasteiger partial charge on any atom is 0.318 e. The first-order valence-electron chi connectivity index (χ1n) is 11.9. The van der Waals surface area contributed by atoms with Gasteiger partial charge in [-0.05, 0) is 37.1 Å². The number of aromatic nitrogens is 4. The predicted molar refractivity (Wildman–Crippen MR) is 134 cm³/mol. The number of rotatable bonds is 4. The Labute approximate surface area is 209 Å². The van der Waals surface area contributed by atoms with E-state index in [-0.39, 0.29) is 24.4 Å². The molecular weight excluding hydrogens is 456 g/mol. The molecular formula is C26H28N8O2. The largest absolute Gasteiger partial charge is 0.467 e. The molecule has 0 aliphatic carbocycles. The molecule has 1 fully saturated rings. The first-order chi connectivity index (χ1) is 17.4. The number of fused-ring (bicyclic) bond motifs is 2. The second-order valence-corrected chi connectivity index (χ2v) is 9.33. The highest BCUT2D eigenvalue weighted by atomic mass is 16.5. The summed E-state index contributed by atoms with van der Waals surface area (Å²) >= 11 is 0. The van der Waals surface area contributed by atoms with Crippen LogP contribution in [0.25, 0.3) is 10.9 Å². The minimum Gasteiger partial charge on any atom is -0.467 e. The first-order valence-corrected chi connectivity index (χ1v) is 11.9. The molecule has 184 valence electrons. The van der Waals surface area contributed by atoms with Crippen molar-refractivity contribution in [2.45, 2.75) is 38.4 Å². The highest BCUT2D eigenvalue weighted by molar-refractivity contribution is 5.93. The summed E-state index contributed by atoms with van der Waals surface area (Å²) in [5.41, 5.74) is 5.44. The summed E-state index contributed by atoms with van der Waals surface area (Å²) in [5, 5.41) is 17.8. The summed E-state index contributed by atoms with van der Waals surface area (Å²) in [7, 11) is 3.68. The third-order valence-corrected chi connectivity index (χ3v) is 7.27. The van der Waals surface area contributed by atoms with Crippen LogP contribution in [0.4, 0.5) is 5.82 Å². The lowest BCUT2D eigenvalue weighted by molar-refractivity contribution is -0.127. The zero-order chi connectivity index (χ0) is 25.4. The number of aromatic amines is 1. The molecule has 2 aromatic heterocycles. The number of methoxy groups -OCH3 is 1. The second kappa shape index (κ2) is 9.48. The second-order valence-electron chi connectivity index (χ2n) is 9.33. The predicted octanol–water partition coefficient (Wildman–Crippen LogP) is 1.96. The van der Waals surface area contributed by atoms with Gasteiger partial charge in [-0.3, -0.25) is 14.8 Å². The molecule has 1 aromatic carbocycles. The first kappa shape index (κ1) is 23.6. The number of carbonyl (C=O) groups excluding carboxylic acids is 1. The number of carbonyl (C=O) groups is 1. The number of terminal acetylenes is 1. The summed E-state index contributed by atoms with van der Waals surface area (Å²) in [4.78, 5) is 27.8. The highest BCUT2D eigenvalue weighted by Crippen LogP contribution is 2.39. The Kier molecular flexibility index (Phi) is 6.21. The topological polar surface area (TPSA) is 114 Å². The lowest BCUT2D eigenvalue weighted by atomic mass is 9.89. The molecule has 4 heterocycles. The van der Waals surface area contributed by atoms with Gasteiger partial charge in [-0.15, -0.1) is 6.42 Å². The number of hydrogen-bond acceptors (Lipinski definition) is 8. The number of nitrogens with zero attached hydrogens (tertiary/aromatic N) is 7. The number of aryl methyl sites for hydroxylation is 1. The molecule has 0 bridgehead atoms. The molecule has 10 heteroatoms. The molecule has 1 N–H and O–H groups in total. The fraction of sp³-hybridized carbons (Fsp3) is 0.423. The van der Waals surface area contributed by atoms with E-state index in [1.54, 1.807) is 12.0 Å². The molecule has 10 nitrogen and oxygen atoms in total. The van der Waals surface area contributed by atoms with E-state index in [1.165, 1.54) is 11.1 Å². The highest BCUT2D eigenvalue weighted by Gasteiger charge is 2.35. The fourth-order valence-corrected chi connectivity index (χ4v) is 5.47. The maximum absolute atomic E-state index is 12.2. The summed E-state index contributed by atoms with van der Waals surface area (Å²) < 4.78 is 5.49. The third-order valence-electron chi connectivity index (χ3n) is 7.27. The van der Waals surface area contributed by atoms with Crippen LogP contribution in [0.2, 0.25) is 0 Å². The molecule has 1 saturated heterocycles. The van der Waals surface area contributed by atoms with E-state index in [2.05, 4.69) is 58.1 Å². The zero-order valence-corrected chi connectivity index (χ0v) is 20.7. The molecule has 1 amide bonds. The van der Waals surface area contributed by atoms with E-state index < -0.39 is 0 Å². The van der Waals surface area contributed by atoms with Gasteiger partial charge in [0.1, 0.15) is 5.82 Å². The van der Waals surface area contributed by atoms with Crippen molar-refractivity contribution in [3.63, 3.8) is 0 Å². The minimum absolute atomic E-state index is 0.114. The van der Waals surface area contributed by atoms with Gasteiger partial charge >= 0.3 is 6.01 Å². The maximum atomic E-state index is 12.2.